The first kappa shape index (κ1) is 28.2. The maximum Gasteiger partial charge on any atom is 0.239 e. The number of benzene rings is 3. The largest absolute Gasteiger partial charge is 0.496 e. The fourth-order valence-corrected chi connectivity index (χ4v) is 4.87. The molecule has 3 aromatic rings. The molecule has 4 rings (SSSR count). The lowest BCUT2D eigenvalue weighted by atomic mass is 9.96. The Kier molecular flexibility index (Phi) is 9.97. The van der Waals surface area contributed by atoms with Gasteiger partial charge >= 0.3 is 0 Å². The molecule has 1 amide bonds. The van der Waals surface area contributed by atoms with Gasteiger partial charge in [0.05, 0.1) is 19.3 Å². The van der Waals surface area contributed by atoms with Crippen molar-refractivity contribution in [2.24, 2.45) is 5.92 Å². The summed E-state index contributed by atoms with van der Waals surface area (Å²) in [5, 5.41) is 6.28. The molecule has 0 radical (unpaired) electrons. The number of ether oxygens (including phenoxy) is 2. The smallest absolute Gasteiger partial charge is 0.239 e. The summed E-state index contributed by atoms with van der Waals surface area (Å²) in [6.07, 6.45) is 2.18. The van der Waals surface area contributed by atoms with Gasteiger partial charge in [-0.2, -0.15) is 0 Å². The van der Waals surface area contributed by atoms with E-state index in [1.165, 1.54) is 7.11 Å². The van der Waals surface area contributed by atoms with Crippen LogP contribution in [0.2, 0.25) is 0 Å². The van der Waals surface area contributed by atoms with E-state index in [-0.39, 0.29) is 24.8 Å². The third-order valence-electron chi connectivity index (χ3n) is 7.24. The molecule has 7 heteroatoms. The van der Waals surface area contributed by atoms with Gasteiger partial charge in [-0.25, -0.2) is 0 Å². The summed E-state index contributed by atoms with van der Waals surface area (Å²) in [5.74, 6) is 0.957. The van der Waals surface area contributed by atoms with Crippen LogP contribution in [-0.2, 0) is 11.4 Å². The Labute approximate surface area is 231 Å². The summed E-state index contributed by atoms with van der Waals surface area (Å²) < 4.78 is 11.8. The van der Waals surface area contributed by atoms with Crippen molar-refractivity contribution in [3.05, 3.63) is 89.5 Å². The summed E-state index contributed by atoms with van der Waals surface area (Å²) in [6, 6.07) is 22.9. The topological polar surface area (TPSA) is 79.9 Å². The van der Waals surface area contributed by atoms with Gasteiger partial charge in [0.25, 0.3) is 0 Å². The summed E-state index contributed by atoms with van der Waals surface area (Å²) >= 11 is 0. The molecule has 1 aliphatic heterocycles. The second-order valence-corrected chi connectivity index (χ2v) is 10.2. The van der Waals surface area contributed by atoms with E-state index in [2.05, 4.69) is 29.4 Å². The standard InChI is InChI=1S/C32H39N3O4/c1-23(2)35-18-16-24(17-19-35)20-34-29(36)21-33-27-14-15-28(38-3)30(31(37)26-12-8-5-9-13-26)32(27)39-22-25-10-6-4-7-11-25/h4-15,23-24,33H,16-22H2,1-3H3,(H,34,36). The molecule has 206 valence electrons. The molecule has 0 spiro atoms. The first-order valence-corrected chi connectivity index (χ1v) is 13.7. The molecule has 1 fully saturated rings. The second-order valence-electron chi connectivity index (χ2n) is 10.2. The minimum atomic E-state index is -0.212. The lowest BCUT2D eigenvalue weighted by Crippen LogP contribution is -2.42. The number of likely N-dealkylation sites (tertiary alicyclic amines) is 1. The van der Waals surface area contributed by atoms with Crippen LogP contribution >= 0.6 is 0 Å². The first-order valence-electron chi connectivity index (χ1n) is 13.7. The van der Waals surface area contributed by atoms with Crippen molar-refractivity contribution in [3.8, 4) is 11.5 Å². The van der Waals surface area contributed by atoms with Gasteiger partial charge in [0.1, 0.15) is 17.9 Å². The van der Waals surface area contributed by atoms with E-state index in [4.69, 9.17) is 9.47 Å². The highest BCUT2D eigenvalue weighted by molar-refractivity contribution is 6.13. The molecule has 1 heterocycles. The van der Waals surface area contributed by atoms with Gasteiger partial charge in [0.15, 0.2) is 5.75 Å². The number of nitrogens with zero attached hydrogens (tertiary/aromatic N) is 1. The highest BCUT2D eigenvalue weighted by Gasteiger charge is 2.25. The normalized spacial score (nSPS) is 14.2. The van der Waals surface area contributed by atoms with Gasteiger partial charge in [0.2, 0.25) is 11.7 Å². The monoisotopic (exact) mass is 529 g/mol. The minimum Gasteiger partial charge on any atom is -0.496 e. The van der Waals surface area contributed by atoms with Gasteiger partial charge in [-0.1, -0.05) is 60.7 Å². The second kappa shape index (κ2) is 13.8. The Balaban J connectivity index is 1.49. The number of amides is 1. The molecule has 1 saturated heterocycles. The maximum atomic E-state index is 13.6. The van der Waals surface area contributed by atoms with Crippen LogP contribution in [0.1, 0.15) is 48.2 Å². The molecular formula is C32H39N3O4. The number of methoxy groups -OCH3 is 1. The zero-order valence-electron chi connectivity index (χ0n) is 23.1. The highest BCUT2D eigenvalue weighted by Crippen LogP contribution is 2.38. The molecule has 0 aliphatic carbocycles. The number of nitrogens with one attached hydrogen (secondary N) is 2. The molecule has 2 N–H and O–H groups in total. The molecular weight excluding hydrogens is 490 g/mol. The number of carbonyl (C=O) groups excluding carboxylic acids is 2. The Morgan fingerprint density at radius 3 is 2.26 bits per heavy atom. The van der Waals surface area contributed by atoms with Crippen molar-refractivity contribution in [1.82, 2.24) is 10.2 Å². The molecule has 7 nitrogen and oxygen atoms in total. The molecule has 0 atom stereocenters. The number of hydrogen-bond donors (Lipinski definition) is 2. The molecule has 39 heavy (non-hydrogen) atoms. The zero-order chi connectivity index (χ0) is 27.6. The van der Waals surface area contributed by atoms with Gasteiger partial charge in [-0.05, 0) is 63.4 Å². The molecule has 0 aromatic heterocycles. The summed E-state index contributed by atoms with van der Waals surface area (Å²) in [4.78, 5) is 28.9. The van der Waals surface area contributed by atoms with E-state index < -0.39 is 0 Å². The summed E-state index contributed by atoms with van der Waals surface area (Å²) in [7, 11) is 1.53. The van der Waals surface area contributed by atoms with E-state index in [0.717, 1.165) is 31.5 Å². The van der Waals surface area contributed by atoms with Crippen LogP contribution < -0.4 is 20.1 Å². The Hall–Kier alpha value is -3.84. The maximum absolute atomic E-state index is 13.6. The number of carbonyl (C=O) groups is 2. The molecule has 0 unspecified atom stereocenters. The molecule has 3 aromatic carbocycles. The van der Waals surface area contributed by atoms with Crippen LogP contribution in [0.5, 0.6) is 11.5 Å². The number of anilines is 1. The Morgan fingerprint density at radius 2 is 1.62 bits per heavy atom. The zero-order valence-corrected chi connectivity index (χ0v) is 23.1. The fraction of sp³-hybridized carbons (Fsp3) is 0.375. The van der Waals surface area contributed by atoms with Gasteiger partial charge < -0.3 is 25.0 Å². The fourth-order valence-electron chi connectivity index (χ4n) is 4.87. The third-order valence-corrected chi connectivity index (χ3v) is 7.24. The van der Waals surface area contributed by atoms with Crippen LogP contribution in [0, 0.1) is 5.92 Å². The highest BCUT2D eigenvalue weighted by atomic mass is 16.5. The Morgan fingerprint density at radius 1 is 0.949 bits per heavy atom. The summed E-state index contributed by atoms with van der Waals surface area (Å²) in [5.41, 5.74) is 2.37. The van der Waals surface area contributed by atoms with E-state index in [9.17, 15) is 9.59 Å². The number of hydrogen-bond acceptors (Lipinski definition) is 6. The molecule has 1 aliphatic rings. The van der Waals surface area contributed by atoms with Crippen LogP contribution in [0.3, 0.4) is 0 Å². The Bertz CT molecular complexity index is 1220. The van der Waals surface area contributed by atoms with Crippen molar-refractivity contribution in [3.63, 3.8) is 0 Å². The van der Waals surface area contributed by atoms with Crippen molar-refractivity contribution < 1.29 is 19.1 Å². The minimum absolute atomic E-state index is 0.0673. The third kappa shape index (κ3) is 7.60. The van der Waals surface area contributed by atoms with E-state index in [1.54, 1.807) is 24.3 Å². The van der Waals surface area contributed by atoms with Gasteiger partial charge in [-0.15, -0.1) is 0 Å². The molecule has 0 saturated carbocycles. The van der Waals surface area contributed by atoms with Crippen LogP contribution in [0.4, 0.5) is 5.69 Å². The van der Waals surface area contributed by atoms with E-state index in [1.807, 2.05) is 48.5 Å². The predicted octanol–water partition coefficient (Wildman–Crippen LogP) is 5.15. The van der Waals surface area contributed by atoms with Crippen molar-refractivity contribution in [2.45, 2.75) is 39.3 Å². The molecule has 0 bridgehead atoms. The quantitative estimate of drug-likeness (QED) is 0.316. The lowest BCUT2D eigenvalue weighted by Gasteiger charge is -2.34. The first-order chi connectivity index (χ1) is 19.0. The van der Waals surface area contributed by atoms with Crippen molar-refractivity contribution >= 4 is 17.4 Å². The van der Waals surface area contributed by atoms with Gasteiger partial charge in [0, 0.05) is 18.2 Å². The number of piperidine rings is 1. The predicted molar refractivity (Wildman–Crippen MR) is 155 cm³/mol. The van der Waals surface area contributed by atoms with Crippen molar-refractivity contribution in [2.75, 3.05) is 38.6 Å². The van der Waals surface area contributed by atoms with Crippen LogP contribution in [0.25, 0.3) is 0 Å². The van der Waals surface area contributed by atoms with E-state index >= 15 is 0 Å². The lowest BCUT2D eigenvalue weighted by molar-refractivity contribution is -0.119. The van der Waals surface area contributed by atoms with Crippen LogP contribution in [0.15, 0.2) is 72.8 Å². The summed E-state index contributed by atoms with van der Waals surface area (Å²) in [6.45, 7) is 7.60. The number of rotatable bonds is 12. The van der Waals surface area contributed by atoms with Gasteiger partial charge in [-0.3, -0.25) is 9.59 Å². The van der Waals surface area contributed by atoms with E-state index in [0.29, 0.717) is 46.8 Å². The van der Waals surface area contributed by atoms with Crippen molar-refractivity contribution in [1.29, 1.82) is 0 Å². The SMILES string of the molecule is COc1ccc(NCC(=O)NCC2CCN(C(C)C)CC2)c(OCc2ccccc2)c1C(=O)c1ccccc1. The number of ketones is 1. The average molecular weight is 530 g/mol. The van der Waals surface area contributed by atoms with Crippen LogP contribution in [-0.4, -0.2) is 55.9 Å². The average Bonchev–Trinajstić information content (AvgIpc) is 2.98.